The lowest BCUT2D eigenvalue weighted by molar-refractivity contribution is -0.121. The van der Waals surface area contributed by atoms with Crippen molar-refractivity contribution in [1.29, 1.82) is 0 Å². The number of rotatable bonds is 5. The predicted octanol–water partition coefficient (Wildman–Crippen LogP) is 3.82. The molecule has 2 aromatic carbocycles. The van der Waals surface area contributed by atoms with Gasteiger partial charge in [0.25, 0.3) is 10.0 Å². The van der Waals surface area contributed by atoms with Crippen LogP contribution in [0.25, 0.3) is 0 Å². The van der Waals surface area contributed by atoms with Gasteiger partial charge in [-0.25, -0.2) is 0 Å². The molecule has 180 valence electrons. The Morgan fingerprint density at radius 2 is 1.85 bits per heavy atom. The van der Waals surface area contributed by atoms with E-state index in [4.69, 9.17) is 9.47 Å². The summed E-state index contributed by atoms with van der Waals surface area (Å²) in [5.41, 5.74) is 1.26. The number of fused-ring (bicyclic) bond motifs is 1. The van der Waals surface area contributed by atoms with Gasteiger partial charge in [-0.2, -0.15) is 8.42 Å². The van der Waals surface area contributed by atoms with Crippen LogP contribution in [-0.4, -0.2) is 51.4 Å². The molecule has 1 saturated carbocycles. The summed E-state index contributed by atoms with van der Waals surface area (Å²) in [6.45, 7) is 1.07. The van der Waals surface area contributed by atoms with Crippen LogP contribution in [0.4, 0.5) is 5.69 Å². The SMILES string of the molecule is COc1ccc(NC(=O)C2CCCN(C3=NS(=O)(=O)c4ccccc43)C2)cc1OC1CCCC1. The quantitative estimate of drug-likeness (QED) is 0.695. The zero-order valence-electron chi connectivity index (χ0n) is 19.2. The van der Waals surface area contributed by atoms with E-state index in [0.29, 0.717) is 41.7 Å². The molecule has 0 radical (unpaired) electrons. The van der Waals surface area contributed by atoms with Crippen molar-refractivity contribution in [3.8, 4) is 11.5 Å². The Bertz CT molecular complexity index is 1220. The molecule has 1 unspecified atom stereocenters. The van der Waals surface area contributed by atoms with Crippen LogP contribution in [0.15, 0.2) is 51.8 Å². The first kappa shape index (κ1) is 22.7. The monoisotopic (exact) mass is 483 g/mol. The molecule has 34 heavy (non-hydrogen) atoms. The second-order valence-electron chi connectivity index (χ2n) is 9.05. The van der Waals surface area contributed by atoms with Gasteiger partial charge in [0.2, 0.25) is 5.91 Å². The Hall–Kier alpha value is -3.07. The summed E-state index contributed by atoms with van der Waals surface area (Å²) < 4.78 is 40.5. The minimum absolute atomic E-state index is 0.101. The highest BCUT2D eigenvalue weighted by atomic mass is 32.2. The minimum Gasteiger partial charge on any atom is -0.493 e. The molecule has 0 spiro atoms. The van der Waals surface area contributed by atoms with Crippen LogP contribution in [0.1, 0.15) is 44.1 Å². The van der Waals surface area contributed by atoms with Crippen LogP contribution < -0.4 is 14.8 Å². The van der Waals surface area contributed by atoms with Crippen LogP contribution in [0.2, 0.25) is 0 Å². The number of anilines is 1. The molecule has 5 rings (SSSR count). The van der Waals surface area contributed by atoms with Gasteiger partial charge in [0.05, 0.1) is 19.1 Å². The van der Waals surface area contributed by atoms with E-state index in [-0.39, 0.29) is 22.8 Å². The lowest BCUT2D eigenvalue weighted by Gasteiger charge is -2.33. The fourth-order valence-corrected chi connectivity index (χ4v) is 6.20. The number of hydrogen-bond acceptors (Lipinski definition) is 6. The van der Waals surface area contributed by atoms with Gasteiger partial charge in [-0.1, -0.05) is 12.1 Å². The van der Waals surface area contributed by atoms with Crippen LogP contribution in [0, 0.1) is 5.92 Å². The molecule has 2 fully saturated rings. The first-order chi connectivity index (χ1) is 16.4. The average Bonchev–Trinajstić information content (AvgIpc) is 3.45. The maximum absolute atomic E-state index is 13.1. The Morgan fingerprint density at radius 1 is 1.06 bits per heavy atom. The summed E-state index contributed by atoms with van der Waals surface area (Å²) >= 11 is 0. The molecule has 3 aliphatic rings. The minimum atomic E-state index is -3.69. The zero-order chi connectivity index (χ0) is 23.7. The van der Waals surface area contributed by atoms with Crippen molar-refractivity contribution in [2.24, 2.45) is 10.3 Å². The first-order valence-corrected chi connectivity index (χ1v) is 13.2. The number of carbonyl (C=O) groups excluding carboxylic acids is 1. The molecule has 1 saturated heterocycles. The molecule has 2 aliphatic heterocycles. The van der Waals surface area contributed by atoms with Crippen molar-refractivity contribution in [2.45, 2.75) is 49.5 Å². The molecular formula is C25H29N3O5S. The fourth-order valence-electron chi connectivity index (χ4n) is 4.98. The van der Waals surface area contributed by atoms with Crippen molar-refractivity contribution in [1.82, 2.24) is 4.90 Å². The maximum Gasteiger partial charge on any atom is 0.285 e. The lowest BCUT2D eigenvalue weighted by atomic mass is 9.96. The highest BCUT2D eigenvalue weighted by Gasteiger charge is 2.35. The number of sulfonamides is 1. The third-order valence-electron chi connectivity index (χ3n) is 6.73. The van der Waals surface area contributed by atoms with E-state index in [1.165, 1.54) is 12.8 Å². The number of likely N-dealkylation sites (tertiary alicyclic amines) is 1. The summed E-state index contributed by atoms with van der Waals surface area (Å²) in [4.78, 5) is 15.3. The number of ether oxygens (including phenoxy) is 2. The Kier molecular flexibility index (Phi) is 6.20. The lowest BCUT2D eigenvalue weighted by Crippen LogP contribution is -2.43. The molecule has 2 heterocycles. The highest BCUT2D eigenvalue weighted by Crippen LogP contribution is 2.35. The number of methoxy groups -OCH3 is 1. The van der Waals surface area contributed by atoms with Gasteiger partial charge in [0, 0.05) is 30.4 Å². The second-order valence-corrected chi connectivity index (χ2v) is 10.6. The van der Waals surface area contributed by atoms with Gasteiger partial charge < -0.3 is 19.7 Å². The number of amidine groups is 1. The van der Waals surface area contributed by atoms with Gasteiger partial charge in [-0.15, -0.1) is 4.40 Å². The molecule has 1 amide bonds. The molecule has 1 aliphatic carbocycles. The molecule has 9 heteroatoms. The zero-order valence-corrected chi connectivity index (χ0v) is 20.0. The molecule has 8 nitrogen and oxygen atoms in total. The molecule has 0 aromatic heterocycles. The Morgan fingerprint density at radius 3 is 2.65 bits per heavy atom. The Labute approximate surface area is 200 Å². The van der Waals surface area contributed by atoms with Gasteiger partial charge in [0.15, 0.2) is 17.3 Å². The van der Waals surface area contributed by atoms with E-state index in [2.05, 4.69) is 9.71 Å². The summed E-state index contributed by atoms with van der Waals surface area (Å²) in [7, 11) is -2.08. The van der Waals surface area contributed by atoms with Crippen molar-refractivity contribution < 1.29 is 22.7 Å². The standard InChI is InChI=1S/C25H29N3O5S/c1-32-21-13-12-18(15-22(21)33-19-8-2-3-9-19)26-25(29)17-7-6-14-28(16-17)24-20-10-4-5-11-23(20)34(30,31)27-24/h4-5,10-13,15,17,19H,2-3,6-9,14,16H2,1H3,(H,26,29). The van der Waals surface area contributed by atoms with Gasteiger partial charge >= 0.3 is 0 Å². The van der Waals surface area contributed by atoms with E-state index in [1.54, 1.807) is 31.4 Å². The summed E-state index contributed by atoms with van der Waals surface area (Å²) in [6, 6.07) is 12.3. The summed E-state index contributed by atoms with van der Waals surface area (Å²) in [5.74, 6) is 1.34. The first-order valence-electron chi connectivity index (χ1n) is 11.8. The van der Waals surface area contributed by atoms with Gasteiger partial charge in [0.1, 0.15) is 4.90 Å². The summed E-state index contributed by atoms with van der Waals surface area (Å²) in [6.07, 6.45) is 6.07. The third-order valence-corrected chi connectivity index (χ3v) is 8.06. The van der Waals surface area contributed by atoms with Gasteiger partial charge in [-0.05, 0) is 62.8 Å². The second kappa shape index (κ2) is 9.29. The average molecular weight is 484 g/mol. The van der Waals surface area contributed by atoms with Crippen LogP contribution >= 0.6 is 0 Å². The number of piperidine rings is 1. The van der Waals surface area contributed by atoms with Gasteiger partial charge in [-0.3, -0.25) is 4.79 Å². The van der Waals surface area contributed by atoms with Crippen LogP contribution in [-0.2, 0) is 14.8 Å². The number of benzene rings is 2. The number of carbonyl (C=O) groups is 1. The molecular weight excluding hydrogens is 454 g/mol. The van der Waals surface area contributed by atoms with Crippen LogP contribution in [0.5, 0.6) is 11.5 Å². The molecule has 1 atom stereocenters. The normalized spacial score (nSPS) is 21.6. The number of nitrogens with one attached hydrogen (secondary N) is 1. The largest absolute Gasteiger partial charge is 0.493 e. The van der Waals surface area contributed by atoms with E-state index < -0.39 is 10.0 Å². The van der Waals surface area contributed by atoms with E-state index in [9.17, 15) is 13.2 Å². The fraction of sp³-hybridized carbons (Fsp3) is 0.440. The van der Waals surface area contributed by atoms with Crippen molar-refractivity contribution in [3.63, 3.8) is 0 Å². The number of hydrogen-bond donors (Lipinski definition) is 1. The predicted molar refractivity (Wildman–Crippen MR) is 129 cm³/mol. The maximum atomic E-state index is 13.1. The van der Waals surface area contributed by atoms with E-state index >= 15 is 0 Å². The van der Waals surface area contributed by atoms with Crippen molar-refractivity contribution >= 4 is 27.5 Å². The molecule has 1 N–H and O–H groups in total. The third kappa shape index (κ3) is 4.49. The van der Waals surface area contributed by atoms with E-state index in [0.717, 1.165) is 25.7 Å². The van der Waals surface area contributed by atoms with Crippen molar-refractivity contribution in [3.05, 3.63) is 48.0 Å². The van der Waals surface area contributed by atoms with Crippen molar-refractivity contribution in [2.75, 3.05) is 25.5 Å². The highest BCUT2D eigenvalue weighted by molar-refractivity contribution is 7.90. The molecule has 2 aromatic rings. The number of amides is 1. The Balaban J connectivity index is 1.29. The topological polar surface area (TPSA) is 97.3 Å². The molecule has 0 bridgehead atoms. The van der Waals surface area contributed by atoms with Crippen LogP contribution in [0.3, 0.4) is 0 Å². The summed E-state index contributed by atoms with van der Waals surface area (Å²) in [5, 5.41) is 3.02. The van der Waals surface area contributed by atoms with E-state index in [1.807, 2.05) is 23.1 Å². The smallest absolute Gasteiger partial charge is 0.285 e. The number of nitrogens with zero attached hydrogens (tertiary/aromatic N) is 2.